The number of halogens is 1. The number of amides is 1. The number of rotatable bonds is 8. The van der Waals surface area contributed by atoms with Crippen LogP contribution in [0, 0.1) is 6.92 Å². The summed E-state index contributed by atoms with van der Waals surface area (Å²) in [4.78, 5) is 12.4. The highest BCUT2D eigenvalue weighted by Gasteiger charge is 2.18. The van der Waals surface area contributed by atoms with Gasteiger partial charge in [0, 0.05) is 23.2 Å². The smallest absolute Gasteiger partial charge is 0.241 e. The predicted octanol–water partition coefficient (Wildman–Crippen LogP) is 5.26. The van der Waals surface area contributed by atoms with Crippen LogP contribution in [0.15, 0.2) is 77.7 Å². The van der Waals surface area contributed by atoms with Crippen molar-refractivity contribution in [2.24, 2.45) is 0 Å². The van der Waals surface area contributed by atoms with E-state index in [1.54, 1.807) is 37.3 Å². The third-order valence-electron chi connectivity index (χ3n) is 4.96. The van der Waals surface area contributed by atoms with E-state index in [1.165, 1.54) is 0 Å². The number of aryl methyl sites for hydroxylation is 2. The summed E-state index contributed by atoms with van der Waals surface area (Å²) >= 11 is 6.08. The van der Waals surface area contributed by atoms with Crippen LogP contribution in [-0.2, 0) is 21.2 Å². The topological polar surface area (TPSA) is 75.3 Å². The summed E-state index contributed by atoms with van der Waals surface area (Å²) in [6.45, 7) is 3.71. The Hall–Kier alpha value is -2.67. The molecule has 3 rings (SSSR count). The van der Waals surface area contributed by atoms with Crippen LogP contribution in [0.5, 0.6) is 0 Å². The van der Waals surface area contributed by atoms with Crippen molar-refractivity contribution < 1.29 is 13.2 Å². The monoisotopic (exact) mass is 456 g/mol. The van der Waals surface area contributed by atoms with Crippen LogP contribution in [-0.4, -0.2) is 14.3 Å². The lowest BCUT2D eigenvalue weighted by Crippen LogP contribution is -2.26. The first kappa shape index (κ1) is 23.0. The van der Waals surface area contributed by atoms with Crippen LogP contribution >= 0.6 is 11.6 Å². The van der Waals surface area contributed by atoms with Crippen LogP contribution in [0.25, 0.3) is 0 Å². The third kappa shape index (κ3) is 6.40. The summed E-state index contributed by atoms with van der Waals surface area (Å²) in [5.41, 5.74) is 3.37. The molecule has 0 aliphatic heterocycles. The van der Waals surface area contributed by atoms with Gasteiger partial charge in [-0.15, -0.1) is 0 Å². The second-order valence-electron chi connectivity index (χ2n) is 7.41. The average Bonchev–Trinajstić information content (AvgIpc) is 2.75. The molecule has 2 N–H and O–H groups in total. The minimum Gasteiger partial charge on any atom is -0.326 e. The molecule has 0 aliphatic rings. The van der Waals surface area contributed by atoms with E-state index in [2.05, 4.69) is 10.0 Å². The molecule has 0 saturated carbocycles. The van der Waals surface area contributed by atoms with Gasteiger partial charge in [0.25, 0.3) is 0 Å². The van der Waals surface area contributed by atoms with Crippen molar-refractivity contribution in [2.45, 2.75) is 37.6 Å². The molecule has 1 atom stereocenters. The molecule has 0 bridgehead atoms. The zero-order chi connectivity index (χ0) is 22.4. The minimum atomic E-state index is -3.65. The Bertz CT molecular complexity index is 1150. The van der Waals surface area contributed by atoms with Gasteiger partial charge in [-0.2, -0.15) is 0 Å². The van der Waals surface area contributed by atoms with Crippen LogP contribution in [0.4, 0.5) is 5.69 Å². The van der Waals surface area contributed by atoms with Gasteiger partial charge in [-0.05, 0) is 61.2 Å². The fourth-order valence-corrected chi connectivity index (χ4v) is 4.51. The molecule has 0 aliphatic carbocycles. The van der Waals surface area contributed by atoms with Crippen molar-refractivity contribution in [3.63, 3.8) is 0 Å². The van der Waals surface area contributed by atoms with E-state index in [9.17, 15) is 13.2 Å². The van der Waals surface area contributed by atoms with Crippen LogP contribution in [0.2, 0.25) is 5.02 Å². The van der Waals surface area contributed by atoms with E-state index >= 15 is 0 Å². The maximum absolute atomic E-state index is 12.7. The van der Waals surface area contributed by atoms with Crippen LogP contribution < -0.4 is 10.0 Å². The summed E-state index contributed by atoms with van der Waals surface area (Å²) in [6.07, 6.45) is 0.778. The Morgan fingerprint density at radius 1 is 1.00 bits per heavy atom. The zero-order valence-corrected chi connectivity index (χ0v) is 19.0. The molecule has 0 saturated heterocycles. The molecule has 7 heteroatoms. The minimum absolute atomic E-state index is 0.130. The first-order valence-electron chi connectivity index (χ1n) is 9.97. The lowest BCUT2D eigenvalue weighted by atomic mass is 10.1. The highest BCUT2D eigenvalue weighted by molar-refractivity contribution is 7.89. The molecule has 5 nitrogen and oxygen atoms in total. The fourth-order valence-electron chi connectivity index (χ4n) is 3.10. The number of carbonyl (C=O) groups is 1. The van der Waals surface area contributed by atoms with Gasteiger partial charge in [0.15, 0.2) is 0 Å². The summed E-state index contributed by atoms with van der Waals surface area (Å²) in [5.74, 6) is -0.130. The molecule has 0 aromatic heterocycles. The molecule has 0 spiro atoms. The number of benzene rings is 3. The Labute approximate surface area is 188 Å². The number of sulfonamides is 1. The highest BCUT2D eigenvalue weighted by Crippen LogP contribution is 2.21. The second-order valence-corrected chi connectivity index (χ2v) is 9.53. The van der Waals surface area contributed by atoms with Crippen LogP contribution in [0.1, 0.15) is 36.1 Å². The highest BCUT2D eigenvalue weighted by atomic mass is 35.5. The number of nitrogens with one attached hydrogen (secondary N) is 2. The standard InChI is InChI=1S/C24H25ClN2O3S/c1-17-8-12-21(16-23(17)25)26-24(28)15-11-19-9-13-22(14-10-19)31(29,30)27-18(2)20-6-4-3-5-7-20/h3-10,12-14,16,18,27H,11,15H2,1-2H3,(H,26,28)/t18-/m0/s1. The fraction of sp³-hybridized carbons (Fsp3) is 0.208. The quantitative estimate of drug-likeness (QED) is 0.485. The van der Waals surface area contributed by atoms with Crippen molar-refractivity contribution in [2.75, 3.05) is 5.32 Å². The van der Waals surface area contributed by atoms with Gasteiger partial charge in [0.05, 0.1) is 4.90 Å². The molecule has 0 unspecified atom stereocenters. The molecular weight excluding hydrogens is 432 g/mol. The Kier molecular flexibility index (Phi) is 7.49. The summed E-state index contributed by atoms with van der Waals surface area (Å²) in [6, 6.07) is 21.0. The van der Waals surface area contributed by atoms with E-state index in [4.69, 9.17) is 11.6 Å². The van der Waals surface area contributed by atoms with Gasteiger partial charge in [-0.25, -0.2) is 13.1 Å². The predicted molar refractivity (Wildman–Crippen MR) is 125 cm³/mol. The Morgan fingerprint density at radius 3 is 2.32 bits per heavy atom. The molecular formula is C24H25ClN2O3S. The lowest BCUT2D eigenvalue weighted by molar-refractivity contribution is -0.116. The number of hydrogen-bond donors (Lipinski definition) is 2. The van der Waals surface area contributed by atoms with Gasteiger partial charge in [-0.3, -0.25) is 4.79 Å². The third-order valence-corrected chi connectivity index (χ3v) is 6.93. The van der Waals surface area contributed by atoms with Crippen molar-refractivity contribution in [3.8, 4) is 0 Å². The zero-order valence-electron chi connectivity index (χ0n) is 17.4. The van der Waals surface area contributed by atoms with Gasteiger partial charge >= 0.3 is 0 Å². The molecule has 0 fully saturated rings. The van der Waals surface area contributed by atoms with E-state index in [0.717, 1.165) is 16.7 Å². The SMILES string of the molecule is Cc1ccc(NC(=O)CCc2ccc(S(=O)(=O)N[C@@H](C)c3ccccc3)cc2)cc1Cl. The number of carbonyl (C=O) groups excluding carboxylic acids is 1. The summed E-state index contributed by atoms with van der Waals surface area (Å²) < 4.78 is 28.0. The van der Waals surface area contributed by atoms with Crippen molar-refractivity contribution in [1.29, 1.82) is 0 Å². The Morgan fingerprint density at radius 2 is 1.68 bits per heavy atom. The van der Waals surface area contributed by atoms with Crippen molar-refractivity contribution in [1.82, 2.24) is 4.72 Å². The van der Waals surface area contributed by atoms with Crippen molar-refractivity contribution >= 4 is 33.2 Å². The molecule has 162 valence electrons. The molecule has 1 amide bonds. The van der Waals surface area contributed by atoms with Gasteiger partial charge in [0.1, 0.15) is 0 Å². The van der Waals surface area contributed by atoms with E-state index in [0.29, 0.717) is 17.1 Å². The molecule has 31 heavy (non-hydrogen) atoms. The van der Waals surface area contributed by atoms with E-state index < -0.39 is 10.0 Å². The van der Waals surface area contributed by atoms with Gasteiger partial charge < -0.3 is 5.32 Å². The lowest BCUT2D eigenvalue weighted by Gasteiger charge is -2.15. The maximum Gasteiger partial charge on any atom is 0.241 e. The van der Waals surface area contributed by atoms with Gasteiger partial charge in [-0.1, -0.05) is 60.1 Å². The average molecular weight is 457 g/mol. The molecule has 3 aromatic carbocycles. The summed E-state index contributed by atoms with van der Waals surface area (Å²) in [7, 11) is -3.65. The Balaban J connectivity index is 1.56. The maximum atomic E-state index is 12.7. The van der Waals surface area contributed by atoms with Crippen LogP contribution in [0.3, 0.4) is 0 Å². The largest absolute Gasteiger partial charge is 0.326 e. The summed E-state index contributed by atoms with van der Waals surface area (Å²) in [5, 5.41) is 3.43. The molecule has 0 radical (unpaired) electrons. The normalized spacial score (nSPS) is 12.4. The number of hydrogen-bond acceptors (Lipinski definition) is 3. The van der Waals surface area contributed by atoms with E-state index in [-0.39, 0.29) is 23.3 Å². The number of anilines is 1. The van der Waals surface area contributed by atoms with E-state index in [1.807, 2.05) is 49.4 Å². The molecule has 0 heterocycles. The van der Waals surface area contributed by atoms with Crippen molar-refractivity contribution in [3.05, 3.63) is 94.5 Å². The molecule has 3 aromatic rings. The van der Waals surface area contributed by atoms with Gasteiger partial charge in [0.2, 0.25) is 15.9 Å². The first-order valence-corrected chi connectivity index (χ1v) is 11.8. The second kappa shape index (κ2) is 10.1. The first-order chi connectivity index (χ1) is 14.7.